The molecule has 0 aliphatic heterocycles. The van der Waals surface area contributed by atoms with Gasteiger partial charge in [0.2, 0.25) is 0 Å². The molecular formula is C14H22N2O. The molecule has 4 N–H and O–H groups in total. The molecule has 1 atom stereocenters. The van der Waals surface area contributed by atoms with Crippen LogP contribution >= 0.6 is 0 Å². The van der Waals surface area contributed by atoms with Gasteiger partial charge in [-0.1, -0.05) is 26.0 Å². The quantitative estimate of drug-likeness (QED) is 0.840. The van der Waals surface area contributed by atoms with Crippen molar-refractivity contribution in [2.45, 2.75) is 44.2 Å². The van der Waals surface area contributed by atoms with E-state index in [9.17, 15) is 0 Å². The first kappa shape index (κ1) is 12.4. The average Bonchev–Trinajstić information content (AvgIpc) is 3.06. The summed E-state index contributed by atoms with van der Waals surface area (Å²) in [4.78, 5) is 0. The maximum Gasteiger partial charge on any atom is 0.122 e. The Morgan fingerprint density at radius 3 is 2.41 bits per heavy atom. The SMILES string of the molecule is COc1ccc(C(N)C2(N)CC2)cc1C(C)C. The van der Waals surface area contributed by atoms with Crippen molar-refractivity contribution in [3.8, 4) is 5.75 Å². The van der Waals surface area contributed by atoms with Crippen molar-refractivity contribution in [3.63, 3.8) is 0 Å². The van der Waals surface area contributed by atoms with Crippen molar-refractivity contribution in [1.29, 1.82) is 0 Å². The fourth-order valence-electron chi connectivity index (χ4n) is 2.18. The third-order valence-corrected chi connectivity index (χ3v) is 3.68. The third kappa shape index (κ3) is 2.31. The van der Waals surface area contributed by atoms with E-state index in [0.717, 1.165) is 24.2 Å². The molecule has 17 heavy (non-hydrogen) atoms. The summed E-state index contributed by atoms with van der Waals surface area (Å²) in [6.45, 7) is 4.31. The van der Waals surface area contributed by atoms with Crippen LogP contribution in [0.2, 0.25) is 0 Å². The second-order valence-electron chi connectivity index (χ2n) is 5.37. The van der Waals surface area contributed by atoms with Crippen molar-refractivity contribution in [2.24, 2.45) is 11.5 Å². The Morgan fingerprint density at radius 1 is 1.29 bits per heavy atom. The Kier molecular flexibility index (Phi) is 3.15. The van der Waals surface area contributed by atoms with Crippen LogP contribution in [0.4, 0.5) is 0 Å². The van der Waals surface area contributed by atoms with Gasteiger partial charge in [-0.25, -0.2) is 0 Å². The summed E-state index contributed by atoms with van der Waals surface area (Å²) in [6, 6.07) is 6.10. The van der Waals surface area contributed by atoms with Crippen LogP contribution in [0.1, 0.15) is 49.8 Å². The van der Waals surface area contributed by atoms with Crippen molar-refractivity contribution in [3.05, 3.63) is 29.3 Å². The summed E-state index contributed by atoms with van der Waals surface area (Å²) < 4.78 is 5.37. The molecule has 1 unspecified atom stereocenters. The van der Waals surface area contributed by atoms with Gasteiger partial charge in [0, 0.05) is 11.6 Å². The molecule has 1 aliphatic carbocycles. The first-order valence-corrected chi connectivity index (χ1v) is 6.20. The average molecular weight is 234 g/mol. The van der Waals surface area contributed by atoms with Crippen molar-refractivity contribution < 1.29 is 4.74 Å². The van der Waals surface area contributed by atoms with Gasteiger partial charge in [-0.05, 0) is 36.0 Å². The van der Waals surface area contributed by atoms with E-state index >= 15 is 0 Å². The summed E-state index contributed by atoms with van der Waals surface area (Å²) >= 11 is 0. The standard InChI is InChI=1S/C14H22N2O/c1-9(2)11-8-10(4-5-12(11)17-3)13(15)14(16)6-7-14/h4-5,8-9,13H,6-7,15-16H2,1-3H3. The Morgan fingerprint density at radius 2 is 1.94 bits per heavy atom. The second-order valence-corrected chi connectivity index (χ2v) is 5.37. The van der Waals surface area contributed by atoms with Crippen LogP contribution < -0.4 is 16.2 Å². The molecule has 0 heterocycles. The van der Waals surface area contributed by atoms with E-state index in [1.165, 1.54) is 5.56 Å². The van der Waals surface area contributed by atoms with Crippen LogP contribution in [-0.2, 0) is 0 Å². The third-order valence-electron chi connectivity index (χ3n) is 3.68. The number of benzene rings is 1. The maximum atomic E-state index is 6.23. The highest BCUT2D eigenvalue weighted by atomic mass is 16.5. The van der Waals surface area contributed by atoms with E-state index in [-0.39, 0.29) is 11.6 Å². The largest absolute Gasteiger partial charge is 0.496 e. The summed E-state index contributed by atoms with van der Waals surface area (Å²) in [5.41, 5.74) is 14.5. The number of ether oxygens (including phenoxy) is 1. The van der Waals surface area contributed by atoms with Crippen LogP contribution in [0.3, 0.4) is 0 Å². The lowest BCUT2D eigenvalue weighted by Crippen LogP contribution is -2.36. The lowest BCUT2D eigenvalue weighted by atomic mass is 9.93. The van der Waals surface area contributed by atoms with Crippen LogP contribution in [0.15, 0.2) is 18.2 Å². The molecule has 1 aromatic carbocycles. The van der Waals surface area contributed by atoms with E-state index in [0.29, 0.717) is 5.92 Å². The van der Waals surface area contributed by atoms with Gasteiger partial charge >= 0.3 is 0 Å². The maximum absolute atomic E-state index is 6.23. The monoisotopic (exact) mass is 234 g/mol. The topological polar surface area (TPSA) is 61.3 Å². The van der Waals surface area contributed by atoms with Gasteiger partial charge in [-0.3, -0.25) is 0 Å². The van der Waals surface area contributed by atoms with Crippen LogP contribution in [-0.4, -0.2) is 12.6 Å². The zero-order chi connectivity index (χ0) is 12.6. The highest BCUT2D eigenvalue weighted by Crippen LogP contribution is 2.43. The molecule has 1 fully saturated rings. The minimum absolute atomic E-state index is 0.0640. The van der Waals surface area contributed by atoms with Crippen LogP contribution in [0, 0.1) is 0 Å². The number of methoxy groups -OCH3 is 1. The predicted octanol–water partition coefficient (Wildman–Crippen LogP) is 2.31. The summed E-state index contributed by atoms with van der Waals surface area (Å²) in [5.74, 6) is 1.35. The predicted molar refractivity (Wildman–Crippen MR) is 70.2 cm³/mol. The fourth-order valence-corrected chi connectivity index (χ4v) is 2.18. The molecule has 1 saturated carbocycles. The van der Waals surface area contributed by atoms with E-state index in [4.69, 9.17) is 16.2 Å². The molecule has 0 aromatic heterocycles. The van der Waals surface area contributed by atoms with E-state index in [1.807, 2.05) is 12.1 Å². The van der Waals surface area contributed by atoms with E-state index in [2.05, 4.69) is 19.9 Å². The minimum atomic E-state index is -0.178. The normalized spacial score (nSPS) is 19.2. The smallest absolute Gasteiger partial charge is 0.122 e. The summed E-state index contributed by atoms with van der Waals surface area (Å²) in [7, 11) is 1.70. The Balaban J connectivity index is 2.33. The van der Waals surface area contributed by atoms with Gasteiger partial charge in [-0.2, -0.15) is 0 Å². The number of rotatable bonds is 4. The minimum Gasteiger partial charge on any atom is -0.496 e. The van der Waals surface area contributed by atoms with Crippen molar-refractivity contribution in [1.82, 2.24) is 0 Å². The molecule has 0 bridgehead atoms. The van der Waals surface area contributed by atoms with Crippen molar-refractivity contribution in [2.75, 3.05) is 7.11 Å². The molecule has 0 radical (unpaired) electrons. The number of hydrogen-bond acceptors (Lipinski definition) is 3. The molecular weight excluding hydrogens is 212 g/mol. The first-order chi connectivity index (χ1) is 7.98. The zero-order valence-corrected chi connectivity index (χ0v) is 10.9. The molecule has 1 aromatic rings. The molecule has 0 spiro atoms. The van der Waals surface area contributed by atoms with Crippen molar-refractivity contribution >= 4 is 0 Å². The van der Waals surface area contributed by atoms with Crippen LogP contribution in [0.5, 0.6) is 5.75 Å². The molecule has 94 valence electrons. The molecule has 3 heteroatoms. The zero-order valence-electron chi connectivity index (χ0n) is 10.9. The lowest BCUT2D eigenvalue weighted by Gasteiger charge is -2.21. The second kappa shape index (κ2) is 4.31. The van der Waals surface area contributed by atoms with Crippen LogP contribution in [0.25, 0.3) is 0 Å². The van der Waals surface area contributed by atoms with E-state index in [1.54, 1.807) is 7.11 Å². The van der Waals surface area contributed by atoms with Gasteiger partial charge in [-0.15, -0.1) is 0 Å². The molecule has 0 amide bonds. The highest BCUT2D eigenvalue weighted by Gasteiger charge is 2.44. The van der Waals surface area contributed by atoms with Gasteiger partial charge < -0.3 is 16.2 Å². The van der Waals surface area contributed by atoms with E-state index < -0.39 is 0 Å². The fraction of sp³-hybridized carbons (Fsp3) is 0.571. The van der Waals surface area contributed by atoms with Gasteiger partial charge in [0.05, 0.1) is 7.11 Å². The summed E-state index contributed by atoms with van der Waals surface area (Å²) in [6.07, 6.45) is 2.05. The molecule has 0 saturated heterocycles. The Labute approximate surface area is 103 Å². The van der Waals surface area contributed by atoms with Gasteiger partial charge in [0.1, 0.15) is 5.75 Å². The number of nitrogens with two attached hydrogens (primary N) is 2. The first-order valence-electron chi connectivity index (χ1n) is 6.20. The lowest BCUT2D eigenvalue weighted by molar-refractivity contribution is 0.407. The molecule has 1 aliphatic rings. The molecule has 3 nitrogen and oxygen atoms in total. The number of hydrogen-bond donors (Lipinski definition) is 2. The summed E-state index contributed by atoms with van der Waals surface area (Å²) in [5, 5.41) is 0. The highest BCUT2D eigenvalue weighted by molar-refractivity contribution is 5.41. The molecule has 2 rings (SSSR count). The Bertz CT molecular complexity index is 411. The van der Waals surface area contributed by atoms with Gasteiger partial charge in [0.25, 0.3) is 0 Å². The Hall–Kier alpha value is -1.06. The van der Waals surface area contributed by atoms with Gasteiger partial charge in [0.15, 0.2) is 0 Å².